The highest BCUT2D eigenvalue weighted by Crippen LogP contribution is 2.37. The zero-order valence-corrected chi connectivity index (χ0v) is 19.2. The van der Waals surface area contributed by atoms with Crippen LogP contribution in [0.3, 0.4) is 0 Å². The van der Waals surface area contributed by atoms with Crippen LogP contribution in [-0.2, 0) is 4.79 Å². The van der Waals surface area contributed by atoms with Crippen LogP contribution < -0.4 is 0 Å². The minimum atomic E-state index is -0.715. The van der Waals surface area contributed by atoms with Crippen LogP contribution in [0, 0.1) is 17.7 Å². The van der Waals surface area contributed by atoms with Gasteiger partial charge < -0.3 is 10.0 Å². The van der Waals surface area contributed by atoms with Gasteiger partial charge >= 0.3 is 5.97 Å². The molecule has 0 bridgehead atoms. The third-order valence-electron chi connectivity index (χ3n) is 7.40. The van der Waals surface area contributed by atoms with Crippen molar-refractivity contribution in [1.29, 1.82) is 0 Å². The first-order valence-corrected chi connectivity index (χ1v) is 11.9. The summed E-state index contributed by atoms with van der Waals surface area (Å²) in [7, 11) is 0. The SMILES string of the molecule is CC(C)C(C(=O)O)N1CC(CN2CCC(c3ccc(F)cc3)CC2)C(c2ccccc2)C1. The van der Waals surface area contributed by atoms with Crippen LogP contribution in [0.15, 0.2) is 54.6 Å². The third-order valence-corrected chi connectivity index (χ3v) is 7.40. The first-order chi connectivity index (χ1) is 15.4. The van der Waals surface area contributed by atoms with Gasteiger partial charge in [0.1, 0.15) is 11.9 Å². The van der Waals surface area contributed by atoms with Crippen LogP contribution in [0.5, 0.6) is 0 Å². The number of likely N-dealkylation sites (tertiary alicyclic amines) is 2. The molecule has 32 heavy (non-hydrogen) atoms. The molecule has 2 heterocycles. The molecule has 5 heteroatoms. The fourth-order valence-electron chi connectivity index (χ4n) is 5.77. The van der Waals surface area contributed by atoms with Crippen LogP contribution in [0.1, 0.15) is 49.7 Å². The van der Waals surface area contributed by atoms with Gasteiger partial charge in [-0.3, -0.25) is 9.69 Å². The molecule has 172 valence electrons. The first-order valence-electron chi connectivity index (χ1n) is 11.9. The maximum atomic E-state index is 13.3. The van der Waals surface area contributed by atoms with E-state index in [1.807, 2.05) is 32.0 Å². The summed E-state index contributed by atoms with van der Waals surface area (Å²) in [6.45, 7) is 8.70. The van der Waals surface area contributed by atoms with Crippen molar-refractivity contribution in [3.05, 3.63) is 71.5 Å². The minimum absolute atomic E-state index is 0.0779. The highest BCUT2D eigenvalue weighted by Gasteiger charge is 2.41. The second kappa shape index (κ2) is 10.1. The molecular formula is C27H35FN2O2. The highest BCUT2D eigenvalue weighted by molar-refractivity contribution is 5.73. The van der Waals surface area contributed by atoms with Crippen LogP contribution in [0.2, 0.25) is 0 Å². The van der Waals surface area contributed by atoms with Gasteiger partial charge in [0.15, 0.2) is 0 Å². The molecule has 0 spiro atoms. The summed E-state index contributed by atoms with van der Waals surface area (Å²) in [4.78, 5) is 16.7. The fourth-order valence-corrected chi connectivity index (χ4v) is 5.77. The second-order valence-corrected chi connectivity index (χ2v) is 9.88. The number of carbonyl (C=O) groups is 1. The molecule has 0 aromatic heterocycles. The minimum Gasteiger partial charge on any atom is -0.480 e. The monoisotopic (exact) mass is 438 g/mol. The Labute approximate surface area is 191 Å². The van der Waals surface area contributed by atoms with E-state index in [-0.39, 0.29) is 11.7 Å². The van der Waals surface area contributed by atoms with Crippen molar-refractivity contribution < 1.29 is 14.3 Å². The number of hydrogen-bond donors (Lipinski definition) is 1. The maximum Gasteiger partial charge on any atom is 0.321 e. The van der Waals surface area contributed by atoms with E-state index in [4.69, 9.17) is 0 Å². The lowest BCUT2D eigenvalue weighted by Gasteiger charge is -2.35. The van der Waals surface area contributed by atoms with E-state index in [0.717, 1.165) is 45.6 Å². The third kappa shape index (κ3) is 5.21. The van der Waals surface area contributed by atoms with Crippen molar-refractivity contribution in [2.75, 3.05) is 32.7 Å². The van der Waals surface area contributed by atoms with Crippen LogP contribution in [-0.4, -0.2) is 59.6 Å². The van der Waals surface area contributed by atoms with Gasteiger partial charge in [0.25, 0.3) is 0 Å². The molecular weight excluding hydrogens is 403 g/mol. The van der Waals surface area contributed by atoms with E-state index in [0.29, 0.717) is 17.8 Å². The van der Waals surface area contributed by atoms with Crippen LogP contribution in [0.4, 0.5) is 4.39 Å². The molecule has 2 fully saturated rings. The average Bonchev–Trinajstić information content (AvgIpc) is 3.18. The standard InChI is InChI=1S/C27H35FN2O2/c1-19(2)26(27(31)32)30-17-23(25(18-30)22-6-4-3-5-7-22)16-29-14-12-21(13-15-29)20-8-10-24(28)11-9-20/h3-11,19,21,23,25-26H,12-18H2,1-2H3,(H,31,32). The van der Waals surface area contributed by atoms with E-state index in [2.05, 4.69) is 34.1 Å². The molecule has 0 saturated carbocycles. The zero-order chi connectivity index (χ0) is 22.7. The van der Waals surface area contributed by atoms with Crippen LogP contribution >= 0.6 is 0 Å². The number of carboxylic acid groups (broad SMARTS) is 1. The van der Waals surface area contributed by atoms with Crippen molar-refractivity contribution in [3.63, 3.8) is 0 Å². The molecule has 3 atom stereocenters. The smallest absolute Gasteiger partial charge is 0.321 e. The predicted octanol–water partition coefficient (Wildman–Crippen LogP) is 4.83. The van der Waals surface area contributed by atoms with E-state index >= 15 is 0 Å². The van der Waals surface area contributed by atoms with Gasteiger partial charge in [0.05, 0.1) is 0 Å². The Morgan fingerprint density at radius 1 is 1.00 bits per heavy atom. The van der Waals surface area contributed by atoms with Crippen molar-refractivity contribution >= 4 is 5.97 Å². The summed E-state index contributed by atoms with van der Waals surface area (Å²) in [5.41, 5.74) is 2.55. The van der Waals surface area contributed by atoms with Gasteiger partial charge in [-0.25, -0.2) is 4.39 Å². The molecule has 2 aliphatic heterocycles. The quantitative estimate of drug-likeness (QED) is 0.673. The van der Waals surface area contributed by atoms with Gasteiger partial charge in [-0.1, -0.05) is 56.3 Å². The summed E-state index contributed by atoms with van der Waals surface area (Å²) in [5, 5.41) is 9.85. The summed E-state index contributed by atoms with van der Waals surface area (Å²) in [6, 6.07) is 17.1. The summed E-state index contributed by atoms with van der Waals surface area (Å²) < 4.78 is 13.3. The summed E-state index contributed by atoms with van der Waals surface area (Å²) >= 11 is 0. The Bertz CT molecular complexity index is 878. The van der Waals surface area contributed by atoms with Crippen molar-refractivity contribution in [2.45, 2.75) is 44.6 Å². The van der Waals surface area contributed by atoms with Gasteiger partial charge in [0, 0.05) is 25.6 Å². The van der Waals surface area contributed by atoms with Crippen molar-refractivity contribution in [3.8, 4) is 0 Å². The second-order valence-electron chi connectivity index (χ2n) is 9.88. The number of piperidine rings is 1. The van der Waals surface area contributed by atoms with Gasteiger partial charge in [-0.05, 0) is 66.9 Å². The van der Waals surface area contributed by atoms with Gasteiger partial charge in [-0.2, -0.15) is 0 Å². The summed E-state index contributed by atoms with van der Waals surface area (Å²) in [5.74, 6) is 0.452. The lowest BCUT2D eigenvalue weighted by Crippen LogP contribution is -2.44. The molecule has 2 aliphatic rings. The molecule has 0 aliphatic carbocycles. The van der Waals surface area contributed by atoms with E-state index < -0.39 is 12.0 Å². The molecule has 2 aromatic carbocycles. The number of carboxylic acids is 1. The van der Waals surface area contributed by atoms with Crippen LogP contribution in [0.25, 0.3) is 0 Å². The lowest BCUT2D eigenvalue weighted by atomic mass is 9.86. The van der Waals surface area contributed by atoms with Gasteiger partial charge in [-0.15, -0.1) is 0 Å². The molecule has 0 radical (unpaired) electrons. The largest absolute Gasteiger partial charge is 0.480 e. The molecule has 4 nitrogen and oxygen atoms in total. The molecule has 2 aromatic rings. The Kier molecular flexibility index (Phi) is 7.27. The number of nitrogens with zero attached hydrogens (tertiary/aromatic N) is 2. The molecule has 2 saturated heterocycles. The molecule has 1 N–H and O–H groups in total. The molecule has 4 rings (SSSR count). The van der Waals surface area contributed by atoms with Crippen molar-refractivity contribution in [1.82, 2.24) is 9.80 Å². The zero-order valence-electron chi connectivity index (χ0n) is 19.2. The number of aliphatic carboxylic acids is 1. The summed E-state index contributed by atoms with van der Waals surface area (Å²) in [6.07, 6.45) is 2.17. The number of rotatable bonds is 7. The van der Waals surface area contributed by atoms with E-state index in [1.165, 1.54) is 11.1 Å². The lowest BCUT2D eigenvalue weighted by molar-refractivity contribution is -0.144. The molecule has 3 unspecified atom stereocenters. The Balaban J connectivity index is 1.43. The number of benzene rings is 2. The number of hydrogen-bond acceptors (Lipinski definition) is 3. The Morgan fingerprint density at radius 3 is 2.25 bits per heavy atom. The number of halogens is 1. The first kappa shape index (κ1) is 22.9. The Morgan fingerprint density at radius 2 is 1.66 bits per heavy atom. The predicted molar refractivity (Wildman–Crippen MR) is 125 cm³/mol. The van der Waals surface area contributed by atoms with E-state index in [1.54, 1.807) is 12.1 Å². The topological polar surface area (TPSA) is 43.8 Å². The fraction of sp³-hybridized carbons (Fsp3) is 0.519. The maximum absolute atomic E-state index is 13.3. The van der Waals surface area contributed by atoms with E-state index in [9.17, 15) is 14.3 Å². The van der Waals surface area contributed by atoms with Gasteiger partial charge in [0.2, 0.25) is 0 Å². The normalized spacial score (nSPS) is 24.1. The highest BCUT2D eigenvalue weighted by atomic mass is 19.1. The molecule has 0 amide bonds. The van der Waals surface area contributed by atoms with Crippen molar-refractivity contribution in [2.24, 2.45) is 11.8 Å². The average molecular weight is 439 g/mol. The Hall–Kier alpha value is -2.24.